The summed E-state index contributed by atoms with van der Waals surface area (Å²) in [6, 6.07) is 6.14. The Kier molecular flexibility index (Phi) is 3.97. The minimum Gasteiger partial charge on any atom is -0.312 e. The van der Waals surface area contributed by atoms with E-state index in [1.807, 2.05) is 38.7 Å². The van der Waals surface area contributed by atoms with Crippen LogP contribution < -0.4 is 4.90 Å². The van der Waals surface area contributed by atoms with Crippen LogP contribution in [0.1, 0.15) is 38.8 Å². The van der Waals surface area contributed by atoms with Gasteiger partial charge in [-0.2, -0.15) is 0 Å². The molecule has 0 aliphatic heterocycles. The van der Waals surface area contributed by atoms with E-state index in [9.17, 15) is 4.79 Å². The molecule has 0 saturated carbocycles. The molecule has 0 saturated heterocycles. The van der Waals surface area contributed by atoms with E-state index >= 15 is 0 Å². The van der Waals surface area contributed by atoms with Gasteiger partial charge in [0.2, 0.25) is 5.91 Å². The van der Waals surface area contributed by atoms with E-state index in [0.717, 1.165) is 16.8 Å². The molecule has 0 aromatic heterocycles. The van der Waals surface area contributed by atoms with Gasteiger partial charge in [0.25, 0.3) is 0 Å². The fourth-order valence-corrected chi connectivity index (χ4v) is 2.04. The fourth-order valence-electron chi connectivity index (χ4n) is 2.04. The Balaban J connectivity index is 3.24. The van der Waals surface area contributed by atoms with E-state index in [0.29, 0.717) is 6.54 Å². The van der Waals surface area contributed by atoms with Crippen molar-refractivity contribution in [2.45, 2.75) is 41.5 Å². The first-order valence-electron chi connectivity index (χ1n) is 6.17. The van der Waals surface area contributed by atoms with Crippen LogP contribution in [0.2, 0.25) is 0 Å². The standard InChI is InChI=1S/C15H23NO/c1-7-16(14(17)15(4,5)6)13-11(2)9-8-10-12(13)3/h8-10H,7H2,1-6H3. The van der Waals surface area contributed by atoms with Crippen molar-refractivity contribution in [2.75, 3.05) is 11.4 Å². The summed E-state index contributed by atoms with van der Waals surface area (Å²) in [5.74, 6) is 0.178. The highest BCUT2D eigenvalue weighted by Crippen LogP contribution is 2.28. The molecular weight excluding hydrogens is 210 g/mol. The van der Waals surface area contributed by atoms with E-state index in [1.54, 1.807) is 0 Å². The smallest absolute Gasteiger partial charge is 0.232 e. The molecule has 94 valence electrons. The summed E-state index contributed by atoms with van der Waals surface area (Å²) >= 11 is 0. The normalized spacial score (nSPS) is 11.4. The monoisotopic (exact) mass is 233 g/mol. The van der Waals surface area contributed by atoms with Crippen molar-refractivity contribution in [2.24, 2.45) is 5.41 Å². The molecule has 1 amide bonds. The molecule has 2 nitrogen and oxygen atoms in total. The molecule has 0 fully saturated rings. The van der Waals surface area contributed by atoms with Gasteiger partial charge < -0.3 is 4.90 Å². The van der Waals surface area contributed by atoms with Crippen molar-refractivity contribution < 1.29 is 4.79 Å². The van der Waals surface area contributed by atoms with Gasteiger partial charge in [-0.05, 0) is 31.9 Å². The number of hydrogen-bond donors (Lipinski definition) is 0. The maximum absolute atomic E-state index is 12.4. The van der Waals surface area contributed by atoms with E-state index in [1.165, 1.54) is 0 Å². The number of carbonyl (C=O) groups excluding carboxylic acids is 1. The fraction of sp³-hybridized carbons (Fsp3) is 0.533. The van der Waals surface area contributed by atoms with Crippen molar-refractivity contribution in [1.29, 1.82) is 0 Å². The highest BCUT2D eigenvalue weighted by molar-refractivity contribution is 5.98. The molecule has 0 unspecified atom stereocenters. The SMILES string of the molecule is CCN(C(=O)C(C)(C)C)c1c(C)cccc1C. The average Bonchev–Trinajstić information content (AvgIpc) is 2.21. The summed E-state index contributed by atoms with van der Waals surface area (Å²) in [5, 5.41) is 0. The lowest BCUT2D eigenvalue weighted by Gasteiger charge is -2.30. The lowest BCUT2D eigenvalue weighted by atomic mass is 9.93. The molecule has 1 aromatic carbocycles. The van der Waals surface area contributed by atoms with Gasteiger partial charge in [0.05, 0.1) is 0 Å². The number of anilines is 1. The molecule has 0 N–H and O–H groups in total. The van der Waals surface area contributed by atoms with Crippen LogP contribution in [0, 0.1) is 19.3 Å². The second-order valence-corrected chi connectivity index (χ2v) is 5.54. The number of para-hydroxylation sites is 1. The Labute approximate surface area is 105 Å². The lowest BCUT2D eigenvalue weighted by Crippen LogP contribution is -2.40. The topological polar surface area (TPSA) is 20.3 Å². The minimum absolute atomic E-state index is 0.178. The Morgan fingerprint density at radius 1 is 1.18 bits per heavy atom. The first-order valence-corrected chi connectivity index (χ1v) is 6.17. The first-order chi connectivity index (χ1) is 7.79. The van der Waals surface area contributed by atoms with Crippen LogP contribution in [-0.4, -0.2) is 12.5 Å². The maximum Gasteiger partial charge on any atom is 0.232 e. The van der Waals surface area contributed by atoms with E-state index < -0.39 is 0 Å². The van der Waals surface area contributed by atoms with Gasteiger partial charge in [-0.1, -0.05) is 39.0 Å². The largest absolute Gasteiger partial charge is 0.312 e. The van der Waals surface area contributed by atoms with Crippen LogP contribution >= 0.6 is 0 Å². The van der Waals surface area contributed by atoms with E-state index in [2.05, 4.69) is 26.0 Å². The number of benzene rings is 1. The molecule has 17 heavy (non-hydrogen) atoms. The summed E-state index contributed by atoms with van der Waals surface area (Å²) < 4.78 is 0. The van der Waals surface area contributed by atoms with Crippen LogP contribution in [0.15, 0.2) is 18.2 Å². The number of aryl methyl sites for hydroxylation is 2. The number of rotatable bonds is 2. The molecule has 0 heterocycles. The van der Waals surface area contributed by atoms with Gasteiger partial charge in [-0.3, -0.25) is 4.79 Å². The highest BCUT2D eigenvalue weighted by Gasteiger charge is 2.28. The number of carbonyl (C=O) groups is 1. The predicted molar refractivity (Wildman–Crippen MR) is 73.4 cm³/mol. The molecule has 1 aromatic rings. The average molecular weight is 233 g/mol. The van der Waals surface area contributed by atoms with Gasteiger partial charge in [-0.25, -0.2) is 0 Å². The zero-order valence-corrected chi connectivity index (χ0v) is 11.8. The van der Waals surface area contributed by atoms with E-state index in [4.69, 9.17) is 0 Å². The second-order valence-electron chi connectivity index (χ2n) is 5.54. The molecule has 1 rings (SSSR count). The summed E-state index contributed by atoms with van der Waals surface area (Å²) in [4.78, 5) is 14.3. The Hall–Kier alpha value is -1.31. The Morgan fingerprint density at radius 3 is 2.00 bits per heavy atom. The molecule has 0 atom stereocenters. The molecule has 0 spiro atoms. The quantitative estimate of drug-likeness (QED) is 0.762. The van der Waals surface area contributed by atoms with Gasteiger partial charge in [0, 0.05) is 17.6 Å². The van der Waals surface area contributed by atoms with Crippen LogP contribution in [0.4, 0.5) is 5.69 Å². The third kappa shape index (κ3) is 2.87. The number of nitrogens with zero attached hydrogens (tertiary/aromatic N) is 1. The number of amides is 1. The summed E-state index contributed by atoms with van der Waals surface area (Å²) in [6.07, 6.45) is 0. The van der Waals surface area contributed by atoms with Crippen LogP contribution in [0.25, 0.3) is 0 Å². The predicted octanol–water partition coefficient (Wildman–Crippen LogP) is 3.70. The summed E-state index contributed by atoms with van der Waals surface area (Å²) in [6.45, 7) is 12.7. The molecule has 0 aliphatic carbocycles. The van der Waals surface area contributed by atoms with Crippen molar-refractivity contribution in [3.8, 4) is 0 Å². The van der Waals surface area contributed by atoms with Crippen LogP contribution in [0.3, 0.4) is 0 Å². The van der Waals surface area contributed by atoms with Crippen molar-refractivity contribution in [3.05, 3.63) is 29.3 Å². The van der Waals surface area contributed by atoms with Gasteiger partial charge in [0.15, 0.2) is 0 Å². The Bertz CT molecular complexity index is 395. The summed E-state index contributed by atoms with van der Waals surface area (Å²) in [5.41, 5.74) is 3.04. The second kappa shape index (κ2) is 4.91. The first kappa shape index (κ1) is 13.8. The van der Waals surface area contributed by atoms with Gasteiger partial charge in [0.1, 0.15) is 0 Å². The molecule has 0 aliphatic rings. The van der Waals surface area contributed by atoms with Crippen molar-refractivity contribution >= 4 is 11.6 Å². The Morgan fingerprint density at radius 2 is 1.65 bits per heavy atom. The zero-order valence-electron chi connectivity index (χ0n) is 11.8. The third-order valence-electron chi connectivity index (χ3n) is 2.91. The highest BCUT2D eigenvalue weighted by atomic mass is 16.2. The minimum atomic E-state index is -0.343. The maximum atomic E-state index is 12.4. The molecule has 0 radical (unpaired) electrons. The zero-order chi connectivity index (χ0) is 13.2. The van der Waals surface area contributed by atoms with Crippen molar-refractivity contribution in [1.82, 2.24) is 0 Å². The van der Waals surface area contributed by atoms with Gasteiger partial charge >= 0.3 is 0 Å². The number of hydrogen-bond acceptors (Lipinski definition) is 1. The van der Waals surface area contributed by atoms with Gasteiger partial charge in [-0.15, -0.1) is 0 Å². The van der Waals surface area contributed by atoms with Crippen molar-refractivity contribution in [3.63, 3.8) is 0 Å². The van der Waals surface area contributed by atoms with Crippen LogP contribution in [-0.2, 0) is 4.79 Å². The lowest BCUT2D eigenvalue weighted by molar-refractivity contribution is -0.125. The molecule has 2 heteroatoms. The van der Waals surface area contributed by atoms with E-state index in [-0.39, 0.29) is 11.3 Å². The third-order valence-corrected chi connectivity index (χ3v) is 2.91. The molecular formula is C15H23NO. The van der Waals surface area contributed by atoms with Crippen LogP contribution in [0.5, 0.6) is 0 Å². The summed E-state index contributed by atoms with van der Waals surface area (Å²) in [7, 11) is 0. The molecule has 0 bridgehead atoms.